The highest BCUT2D eigenvalue weighted by molar-refractivity contribution is 5.47. The van der Waals surface area contributed by atoms with E-state index in [0.717, 1.165) is 12.3 Å². The lowest BCUT2D eigenvalue weighted by Gasteiger charge is -2.43. The fraction of sp³-hybridized carbons (Fsp3) is 0.667. The van der Waals surface area contributed by atoms with Crippen LogP contribution in [-0.4, -0.2) is 6.04 Å². The second-order valence-electron chi connectivity index (χ2n) is 7.54. The largest absolute Gasteiger partial charge is 0.381 e. The lowest BCUT2D eigenvalue weighted by molar-refractivity contribution is 0.155. The molecular formula is C18H27N. The van der Waals surface area contributed by atoms with Gasteiger partial charge in [-0.05, 0) is 60.1 Å². The zero-order chi connectivity index (χ0) is 13.7. The zero-order valence-corrected chi connectivity index (χ0v) is 12.8. The summed E-state index contributed by atoms with van der Waals surface area (Å²) in [5.41, 5.74) is 3.64. The van der Waals surface area contributed by atoms with Gasteiger partial charge in [0.05, 0.1) is 0 Å². The standard InChI is InChI=1S/C18H27N/c1-5-13-6-8-15(9-7-13)19-16-17(2,3)14-10-11-18(16,4)12-14/h6-9,14,16,19H,5,10-12H2,1-4H3/t14-,16?,18+/m0/s1. The van der Waals surface area contributed by atoms with E-state index in [1.807, 2.05) is 0 Å². The van der Waals surface area contributed by atoms with Crippen LogP contribution in [0, 0.1) is 16.7 Å². The Hall–Kier alpha value is -0.980. The second-order valence-corrected chi connectivity index (χ2v) is 7.54. The Bertz CT molecular complexity index is 454. The summed E-state index contributed by atoms with van der Waals surface area (Å²) in [7, 11) is 0. The molecule has 0 radical (unpaired) electrons. The third kappa shape index (κ3) is 1.98. The summed E-state index contributed by atoms with van der Waals surface area (Å²) in [4.78, 5) is 0. The molecule has 2 fully saturated rings. The molecule has 104 valence electrons. The Morgan fingerprint density at radius 1 is 1.16 bits per heavy atom. The van der Waals surface area contributed by atoms with Crippen molar-refractivity contribution in [2.75, 3.05) is 5.32 Å². The first-order valence-corrected chi connectivity index (χ1v) is 7.81. The summed E-state index contributed by atoms with van der Waals surface area (Å²) in [5.74, 6) is 0.907. The predicted molar refractivity (Wildman–Crippen MR) is 82.5 cm³/mol. The Labute approximate surface area is 117 Å². The van der Waals surface area contributed by atoms with Crippen LogP contribution in [0.5, 0.6) is 0 Å². The molecule has 1 nitrogen and oxygen atoms in total. The third-order valence-corrected chi connectivity index (χ3v) is 5.94. The van der Waals surface area contributed by atoms with Gasteiger partial charge in [0, 0.05) is 11.7 Å². The van der Waals surface area contributed by atoms with Crippen LogP contribution in [0.2, 0.25) is 0 Å². The van der Waals surface area contributed by atoms with Gasteiger partial charge in [-0.15, -0.1) is 0 Å². The molecule has 0 amide bonds. The van der Waals surface area contributed by atoms with Gasteiger partial charge in [0.25, 0.3) is 0 Å². The van der Waals surface area contributed by atoms with Crippen molar-refractivity contribution in [2.45, 2.75) is 59.4 Å². The Morgan fingerprint density at radius 2 is 1.84 bits per heavy atom. The number of anilines is 1. The molecule has 1 aromatic carbocycles. The average Bonchev–Trinajstić information content (AvgIpc) is 2.87. The monoisotopic (exact) mass is 257 g/mol. The molecule has 1 heteroatoms. The van der Waals surface area contributed by atoms with Crippen molar-refractivity contribution in [1.82, 2.24) is 0 Å². The molecule has 2 saturated carbocycles. The number of rotatable bonds is 3. The van der Waals surface area contributed by atoms with Crippen LogP contribution < -0.4 is 5.32 Å². The highest BCUT2D eigenvalue weighted by Crippen LogP contribution is 2.63. The lowest BCUT2D eigenvalue weighted by Crippen LogP contribution is -2.45. The van der Waals surface area contributed by atoms with E-state index in [2.05, 4.69) is 57.3 Å². The summed E-state index contributed by atoms with van der Waals surface area (Å²) in [6, 6.07) is 9.64. The van der Waals surface area contributed by atoms with Crippen molar-refractivity contribution in [3.63, 3.8) is 0 Å². The molecular weight excluding hydrogens is 230 g/mol. The smallest absolute Gasteiger partial charge is 0.0368 e. The van der Waals surface area contributed by atoms with E-state index in [9.17, 15) is 0 Å². The van der Waals surface area contributed by atoms with Gasteiger partial charge in [-0.1, -0.05) is 39.8 Å². The van der Waals surface area contributed by atoms with Crippen LogP contribution in [0.3, 0.4) is 0 Å². The van der Waals surface area contributed by atoms with E-state index in [1.165, 1.54) is 30.5 Å². The molecule has 0 spiro atoms. The molecule has 2 aliphatic carbocycles. The summed E-state index contributed by atoms with van der Waals surface area (Å²) in [6.45, 7) is 9.61. The van der Waals surface area contributed by atoms with E-state index in [-0.39, 0.29) is 0 Å². The summed E-state index contributed by atoms with van der Waals surface area (Å²) >= 11 is 0. The maximum absolute atomic E-state index is 3.85. The lowest BCUT2D eigenvalue weighted by atomic mass is 9.68. The first-order valence-electron chi connectivity index (χ1n) is 7.81. The summed E-state index contributed by atoms with van der Waals surface area (Å²) in [5, 5.41) is 3.85. The minimum Gasteiger partial charge on any atom is -0.381 e. The number of benzene rings is 1. The fourth-order valence-corrected chi connectivity index (χ4v) is 4.67. The van der Waals surface area contributed by atoms with Crippen molar-refractivity contribution >= 4 is 5.69 Å². The minimum absolute atomic E-state index is 0.427. The topological polar surface area (TPSA) is 12.0 Å². The molecule has 1 N–H and O–H groups in total. The molecule has 2 bridgehead atoms. The molecule has 1 aromatic rings. The van der Waals surface area contributed by atoms with Crippen LogP contribution in [-0.2, 0) is 6.42 Å². The van der Waals surface area contributed by atoms with Crippen LogP contribution in [0.1, 0.15) is 52.5 Å². The Balaban J connectivity index is 1.82. The van der Waals surface area contributed by atoms with Gasteiger partial charge < -0.3 is 5.32 Å². The molecule has 2 aliphatic rings. The average molecular weight is 257 g/mol. The maximum Gasteiger partial charge on any atom is 0.0368 e. The molecule has 0 aliphatic heterocycles. The highest BCUT2D eigenvalue weighted by Gasteiger charge is 2.59. The van der Waals surface area contributed by atoms with Gasteiger partial charge in [0.1, 0.15) is 0 Å². The number of fused-ring (bicyclic) bond motifs is 2. The quantitative estimate of drug-likeness (QED) is 0.814. The first kappa shape index (κ1) is 13.0. The van der Waals surface area contributed by atoms with E-state index in [1.54, 1.807) is 0 Å². The molecule has 0 saturated heterocycles. The van der Waals surface area contributed by atoms with Gasteiger partial charge in [0.2, 0.25) is 0 Å². The summed E-state index contributed by atoms with van der Waals surface area (Å²) in [6.07, 6.45) is 5.35. The van der Waals surface area contributed by atoms with E-state index < -0.39 is 0 Å². The van der Waals surface area contributed by atoms with Gasteiger partial charge >= 0.3 is 0 Å². The molecule has 0 heterocycles. The molecule has 3 atom stereocenters. The number of hydrogen-bond donors (Lipinski definition) is 1. The number of nitrogens with one attached hydrogen (secondary N) is 1. The van der Waals surface area contributed by atoms with Crippen molar-refractivity contribution in [3.8, 4) is 0 Å². The predicted octanol–water partition coefficient (Wildman–Crippen LogP) is 4.88. The molecule has 1 unspecified atom stereocenters. The maximum atomic E-state index is 3.85. The number of aryl methyl sites for hydroxylation is 1. The molecule has 3 rings (SSSR count). The SMILES string of the molecule is CCc1ccc(NC2C(C)(C)[C@H]3CC[C@]2(C)C3)cc1. The normalized spacial score (nSPS) is 35.6. The first-order chi connectivity index (χ1) is 8.95. The van der Waals surface area contributed by atoms with Crippen molar-refractivity contribution in [2.24, 2.45) is 16.7 Å². The van der Waals surface area contributed by atoms with E-state index in [0.29, 0.717) is 16.9 Å². The van der Waals surface area contributed by atoms with Crippen LogP contribution in [0.4, 0.5) is 5.69 Å². The van der Waals surface area contributed by atoms with Gasteiger partial charge in [-0.25, -0.2) is 0 Å². The van der Waals surface area contributed by atoms with Gasteiger partial charge in [-0.3, -0.25) is 0 Å². The van der Waals surface area contributed by atoms with Crippen LogP contribution in [0.15, 0.2) is 24.3 Å². The van der Waals surface area contributed by atoms with Gasteiger partial charge in [-0.2, -0.15) is 0 Å². The minimum atomic E-state index is 0.427. The Kier molecular flexibility index (Phi) is 2.92. The van der Waals surface area contributed by atoms with Crippen molar-refractivity contribution in [3.05, 3.63) is 29.8 Å². The van der Waals surface area contributed by atoms with E-state index in [4.69, 9.17) is 0 Å². The van der Waals surface area contributed by atoms with Crippen molar-refractivity contribution in [1.29, 1.82) is 0 Å². The molecule has 19 heavy (non-hydrogen) atoms. The molecule has 0 aromatic heterocycles. The van der Waals surface area contributed by atoms with Crippen LogP contribution in [0.25, 0.3) is 0 Å². The summed E-state index contributed by atoms with van der Waals surface area (Å²) < 4.78 is 0. The number of hydrogen-bond acceptors (Lipinski definition) is 1. The second kappa shape index (κ2) is 4.26. The fourth-order valence-electron chi connectivity index (χ4n) is 4.67. The third-order valence-electron chi connectivity index (χ3n) is 5.94. The van der Waals surface area contributed by atoms with E-state index >= 15 is 0 Å². The van der Waals surface area contributed by atoms with Crippen molar-refractivity contribution < 1.29 is 0 Å². The van der Waals surface area contributed by atoms with Gasteiger partial charge in [0.15, 0.2) is 0 Å². The Morgan fingerprint density at radius 3 is 2.37 bits per heavy atom. The zero-order valence-electron chi connectivity index (χ0n) is 12.8. The van der Waals surface area contributed by atoms with Crippen LogP contribution >= 0.6 is 0 Å². The highest BCUT2D eigenvalue weighted by atomic mass is 15.0.